The molecular formula is C14H12ClN3OS. The van der Waals surface area contributed by atoms with Crippen LogP contribution in [0.4, 0.5) is 0 Å². The van der Waals surface area contributed by atoms with E-state index in [4.69, 9.17) is 11.6 Å². The van der Waals surface area contributed by atoms with Crippen LogP contribution in [-0.2, 0) is 0 Å². The molecule has 1 amide bonds. The zero-order valence-corrected chi connectivity index (χ0v) is 12.5. The van der Waals surface area contributed by atoms with Gasteiger partial charge in [-0.1, -0.05) is 11.6 Å². The summed E-state index contributed by atoms with van der Waals surface area (Å²) in [7, 11) is 1.63. The Hall–Kier alpha value is -1.85. The average Bonchev–Trinajstić information content (AvgIpc) is 3.00. The van der Waals surface area contributed by atoms with Crippen LogP contribution in [0.15, 0.2) is 30.3 Å². The Morgan fingerprint density at radius 2 is 2.15 bits per heavy atom. The lowest BCUT2D eigenvalue weighted by Crippen LogP contribution is -2.15. The number of aryl methyl sites for hydroxylation is 1. The number of amides is 1. The molecule has 102 valence electrons. The fraction of sp³-hybridized carbons (Fsp3) is 0.143. The molecule has 2 heterocycles. The normalized spacial score (nSPS) is 10.9. The van der Waals surface area contributed by atoms with Crippen molar-refractivity contribution < 1.29 is 4.79 Å². The van der Waals surface area contributed by atoms with Crippen molar-refractivity contribution in [2.24, 2.45) is 0 Å². The van der Waals surface area contributed by atoms with Crippen molar-refractivity contribution >= 4 is 39.9 Å². The van der Waals surface area contributed by atoms with E-state index in [-0.39, 0.29) is 5.91 Å². The molecular weight excluding hydrogens is 294 g/mol. The van der Waals surface area contributed by atoms with Gasteiger partial charge in [-0.2, -0.15) is 0 Å². The topological polar surface area (TPSA) is 46.9 Å². The summed E-state index contributed by atoms with van der Waals surface area (Å²) in [5.41, 5.74) is 1.84. The molecule has 2 aromatic heterocycles. The number of benzene rings is 1. The van der Waals surface area contributed by atoms with Gasteiger partial charge in [0.05, 0.1) is 15.9 Å². The molecule has 0 aliphatic carbocycles. The van der Waals surface area contributed by atoms with Crippen molar-refractivity contribution in [2.75, 3.05) is 7.05 Å². The largest absolute Gasteiger partial charge is 0.354 e. The van der Waals surface area contributed by atoms with Gasteiger partial charge in [0.1, 0.15) is 10.8 Å². The zero-order chi connectivity index (χ0) is 14.3. The van der Waals surface area contributed by atoms with E-state index in [1.165, 1.54) is 11.3 Å². The van der Waals surface area contributed by atoms with Crippen molar-refractivity contribution in [3.63, 3.8) is 0 Å². The van der Waals surface area contributed by atoms with E-state index < -0.39 is 0 Å². The van der Waals surface area contributed by atoms with Gasteiger partial charge in [-0.15, -0.1) is 11.3 Å². The predicted molar refractivity (Wildman–Crippen MR) is 82.1 cm³/mol. The summed E-state index contributed by atoms with van der Waals surface area (Å²) in [6.45, 7) is 1.94. The highest BCUT2D eigenvalue weighted by Gasteiger charge is 2.13. The van der Waals surface area contributed by atoms with Gasteiger partial charge < -0.3 is 5.32 Å². The van der Waals surface area contributed by atoms with E-state index in [0.717, 1.165) is 21.9 Å². The summed E-state index contributed by atoms with van der Waals surface area (Å²) in [5.74, 6) is 0.791. The third-order valence-corrected chi connectivity index (χ3v) is 4.35. The molecule has 3 aromatic rings. The van der Waals surface area contributed by atoms with Crippen LogP contribution in [0.5, 0.6) is 0 Å². The summed E-state index contributed by atoms with van der Waals surface area (Å²) in [6.07, 6.45) is 0. The van der Waals surface area contributed by atoms with Crippen LogP contribution in [0.2, 0.25) is 5.02 Å². The first-order valence-electron chi connectivity index (χ1n) is 6.07. The minimum atomic E-state index is -0.0774. The number of hydrogen-bond donors (Lipinski definition) is 1. The maximum atomic E-state index is 11.6. The standard InChI is InChI=1S/C14H12ClN3OS/c1-8-17-10-7-9(15)3-4-11(10)18(8)13-6-5-12(20-13)14(19)16-2/h3-7H,1-2H3,(H,16,19). The smallest absolute Gasteiger partial charge is 0.261 e. The van der Waals surface area contributed by atoms with Crippen LogP contribution in [-0.4, -0.2) is 22.5 Å². The summed E-state index contributed by atoms with van der Waals surface area (Å²) < 4.78 is 2.03. The molecule has 0 bridgehead atoms. The van der Waals surface area contributed by atoms with Gasteiger partial charge in [0.25, 0.3) is 5.91 Å². The Morgan fingerprint density at radius 3 is 2.90 bits per heavy atom. The van der Waals surface area contributed by atoms with Gasteiger partial charge in [0, 0.05) is 12.1 Å². The van der Waals surface area contributed by atoms with Crippen molar-refractivity contribution in [2.45, 2.75) is 6.92 Å². The number of carbonyl (C=O) groups is 1. The van der Waals surface area contributed by atoms with Crippen LogP contribution in [0.3, 0.4) is 0 Å². The van der Waals surface area contributed by atoms with Crippen LogP contribution in [0.25, 0.3) is 16.0 Å². The molecule has 1 N–H and O–H groups in total. The Bertz CT molecular complexity index is 806. The molecule has 1 aromatic carbocycles. The molecule has 0 spiro atoms. The summed E-state index contributed by atoms with van der Waals surface area (Å²) in [5, 5.41) is 4.26. The van der Waals surface area contributed by atoms with Crippen LogP contribution >= 0.6 is 22.9 Å². The first kappa shape index (κ1) is 13.1. The second-order valence-corrected chi connectivity index (χ2v) is 5.84. The number of rotatable bonds is 2. The molecule has 0 atom stereocenters. The molecule has 0 aliphatic heterocycles. The number of nitrogens with zero attached hydrogens (tertiary/aromatic N) is 2. The Kier molecular flexibility index (Phi) is 3.23. The molecule has 0 saturated heterocycles. The first-order chi connectivity index (χ1) is 9.60. The van der Waals surface area contributed by atoms with Gasteiger partial charge in [0.2, 0.25) is 0 Å². The van der Waals surface area contributed by atoms with Gasteiger partial charge in [-0.3, -0.25) is 9.36 Å². The third-order valence-electron chi connectivity index (χ3n) is 3.05. The highest BCUT2D eigenvalue weighted by Crippen LogP contribution is 2.28. The number of nitrogens with one attached hydrogen (secondary N) is 1. The second kappa shape index (κ2) is 4.92. The van der Waals surface area contributed by atoms with Crippen molar-refractivity contribution in [1.82, 2.24) is 14.9 Å². The number of fused-ring (bicyclic) bond motifs is 1. The fourth-order valence-corrected chi connectivity index (χ4v) is 3.33. The van der Waals surface area contributed by atoms with E-state index >= 15 is 0 Å². The fourth-order valence-electron chi connectivity index (χ4n) is 2.15. The van der Waals surface area contributed by atoms with E-state index in [0.29, 0.717) is 9.90 Å². The minimum absolute atomic E-state index is 0.0774. The number of hydrogen-bond acceptors (Lipinski definition) is 3. The predicted octanol–water partition coefficient (Wildman–Crippen LogP) is 3.41. The van der Waals surface area contributed by atoms with E-state index in [1.54, 1.807) is 7.05 Å². The molecule has 0 unspecified atom stereocenters. The lowest BCUT2D eigenvalue weighted by Gasteiger charge is -2.03. The first-order valence-corrected chi connectivity index (χ1v) is 7.26. The van der Waals surface area contributed by atoms with Crippen molar-refractivity contribution in [3.05, 3.63) is 46.1 Å². The molecule has 3 rings (SSSR count). The number of imidazole rings is 1. The number of aromatic nitrogens is 2. The quantitative estimate of drug-likeness (QED) is 0.788. The molecule has 0 radical (unpaired) electrons. The minimum Gasteiger partial charge on any atom is -0.354 e. The monoisotopic (exact) mass is 305 g/mol. The lowest BCUT2D eigenvalue weighted by molar-refractivity contribution is 0.0967. The summed E-state index contributed by atoms with van der Waals surface area (Å²) in [4.78, 5) is 16.8. The highest BCUT2D eigenvalue weighted by atomic mass is 35.5. The van der Waals surface area contributed by atoms with Gasteiger partial charge in [-0.05, 0) is 37.3 Å². The van der Waals surface area contributed by atoms with Gasteiger partial charge >= 0.3 is 0 Å². The molecule has 0 fully saturated rings. The Balaban J connectivity index is 2.16. The Labute approximate surface area is 125 Å². The molecule has 4 nitrogen and oxygen atoms in total. The van der Waals surface area contributed by atoms with Crippen LogP contribution in [0.1, 0.15) is 15.5 Å². The Morgan fingerprint density at radius 1 is 1.35 bits per heavy atom. The SMILES string of the molecule is CNC(=O)c1ccc(-n2c(C)nc3cc(Cl)ccc32)s1. The summed E-state index contributed by atoms with van der Waals surface area (Å²) in [6, 6.07) is 9.37. The van der Waals surface area contributed by atoms with Gasteiger partial charge in [0.15, 0.2) is 0 Å². The van der Waals surface area contributed by atoms with Crippen LogP contribution in [0, 0.1) is 6.92 Å². The molecule has 6 heteroatoms. The van der Waals surface area contributed by atoms with Crippen LogP contribution < -0.4 is 5.32 Å². The average molecular weight is 306 g/mol. The number of thiophene rings is 1. The number of carbonyl (C=O) groups excluding carboxylic acids is 1. The third kappa shape index (κ3) is 2.09. The highest BCUT2D eigenvalue weighted by molar-refractivity contribution is 7.16. The number of halogens is 1. The van der Waals surface area contributed by atoms with E-state index in [2.05, 4.69) is 10.3 Å². The lowest BCUT2D eigenvalue weighted by atomic mass is 10.3. The maximum absolute atomic E-state index is 11.6. The zero-order valence-electron chi connectivity index (χ0n) is 11.0. The van der Waals surface area contributed by atoms with E-state index in [1.807, 2.05) is 41.8 Å². The molecule has 20 heavy (non-hydrogen) atoms. The molecule has 0 saturated carbocycles. The van der Waals surface area contributed by atoms with E-state index in [9.17, 15) is 4.79 Å². The van der Waals surface area contributed by atoms with Crippen molar-refractivity contribution in [1.29, 1.82) is 0 Å². The molecule has 0 aliphatic rings. The van der Waals surface area contributed by atoms with Crippen molar-refractivity contribution in [3.8, 4) is 5.00 Å². The second-order valence-electron chi connectivity index (χ2n) is 4.34. The van der Waals surface area contributed by atoms with Gasteiger partial charge in [-0.25, -0.2) is 4.98 Å². The summed E-state index contributed by atoms with van der Waals surface area (Å²) >= 11 is 7.43. The maximum Gasteiger partial charge on any atom is 0.261 e.